The molecule has 0 atom stereocenters. The summed E-state index contributed by atoms with van der Waals surface area (Å²) in [6, 6.07) is 12.1. The van der Waals surface area contributed by atoms with Gasteiger partial charge >= 0.3 is 0 Å². The molecule has 0 aliphatic carbocycles. The highest BCUT2D eigenvalue weighted by Crippen LogP contribution is 2.22. The fraction of sp³-hybridized carbons (Fsp3) is 0.474. The molecule has 0 unspecified atom stereocenters. The van der Waals surface area contributed by atoms with Crippen LogP contribution in [0.1, 0.15) is 36.6 Å². The number of hydrogen-bond donors (Lipinski definition) is 1. The zero-order chi connectivity index (χ0) is 17.7. The maximum absolute atomic E-state index is 12.3. The predicted octanol–water partition coefficient (Wildman–Crippen LogP) is 3.82. The monoisotopic (exact) mass is 378 g/mol. The van der Waals surface area contributed by atoms with E-state index >= 15 is 0 Å². The fourth-order valence-corrected chi connectivity index (χ4v) is 5.49. The Hall–Kier alpha value is -1.37. The van der Waals surface area contributed by atoms with Crippen LogP contribution < -0.4 is 9.62 Å². The molecular weight excluding hydrogens is 352 g/mol. The normalized spacial score (nSPS) is 15.5. The number of benzene rings is 1. The minimum Gasteiger partial charge on any atom is -0.372 e. The molecule has 2 heterocycles. The molecule has 0 bridgehead atoms. The topological polar surface area (TPSA) is 49.4 Å². The lowest BCUT2D eigenvalue weighted by Crippen LogP contribution is -2.29. The molecule has 1 saturated heterocycles. The second-order valence-corrected chi connectivity index (χ2v) is 9.60. The third-order valence-corrected chi connectivity index (χ3v) is 7.80. The maximum atomic E-state index is 12.3. The summed E-state index contributed by atoms with van der Waals surface area (Å²) in [6.45, 7) is 4.73. The molecule has 1 aromatic heterocycles. The summed E-state index contributed by atoms with van der Waals surface area (Å²) in [7, 11) is -3.38. The SMILES string of the molecule is CCc1ccc(S(=O)(=O)NCCc2ccc(N3CCCCC3)cc2)s1. The Morgan fingerprint density at radius 2 is 1.76 bits per heavy atom. The molecule has 25 heavy (non-hydrogen) atoms. The molecule has 136 valence electrons. The first-order chi connectivity index (χ1) is 12.1. The maximum Gasteiger partial charge on any atom is 0.250 e. The lowest BCUT2D eigenvalue weighted by Gasteiger charge is -2.28. The van der Waals surface area contributed by atoms with Gasteiger partial charge in [0, 0.05) is 30.2 Å². The second-order valence-electron chi connectivity index (χ2n) is 6.44. The number of sulfonamides is 1. The van der Waals surface area contributed by atoms with Crippen LogP contribution in [-0.2, 0) is 22.9 Å². The van der Waals surface area contributed by atoms with E-state index in [0.717, 1.165) is 30.0 Å². The van der Waals surface area contributed by atoms with Gasteiger partial charge in [-0.1, -0.05) is 19.1 Å². The van der Waals surface area contributed by atoms with Crippen LogP contribution in [0.3, 0.4) is 0 Å². The quantitative estimate of drug-likeness (QED) is 0.797. The van der Waals surface area contributed by atoms with Crippen LogP contribution in [0.15, 0.2) is 40.6 Å². The van der Waals surface area contributed by atoms with Gasteiger partial charge in [-0.2, -0.15) is 0 Å². The van der Waals surface area contributed by atoms with Gasteiger partial charge in [-0.3, -0.25) is 0 Å². The summed E-state index contributed by atoms with van der Waals surface area (Å²) in [4.78, 5) is 3.52. The van der Waals surface area contributed by atoms with Crippen molar-refractivity contribution in [3.63, 3.8) is 0 Å². The van der Waals surface area contributed by atoms with Gasteiger partial charge in [-0.05, 0) is 61.9 Å². The first-order valence-corrected chi connectivity index (χ1v) is 11.3. The van der Waals surface area contributed by atoms with Gasteiger partial charge in [0.25, 0.3) is 0 Å². The Morgan fingerprint density at radius 3 is 2.40 bits per heavy atom. The van der Waals surface area contributed by atoms with E-state index in [0.29, 0.717) is 17.2 Å². The van der Waals surface area contributed by atoms with Crippen molar-refractivity contribution < 1.29 is 8.42 Å². The zero-order valence-corrected chi connectivity index (χ0v) is 16.3. The number of piperidine rings is 1. The summed E-state index contributed by atoms with van der Waals surface area (Å²) in [5.74, 6) is 0. The predicted molar refractivity (Wildman–Crippen MR) is 105 cm³/mol. The first-order valence-electron chi connectivity index (χ1n) is 9.01. The molecule has 1 N–H and O–H groups in total. The Kier molecular flexibility index (Phi) is 6.15. The second kappa shape index (κ2) is 8.34. The standard InChI is InChI=1S/C19H26N2O2S2/c1-2-18-10-11-19(24-18)25(22,23)20-13-12-16-6-8-17(9-7-16)21-14-4-3-5-15-21/h6-11,20H,2-5,12-15H2,1H3. The smallest absolute Gasteiger partial charge is 0.250 e. The van der Waals surface area contributed by atoms with E-state index in [9.17, 15) is 8.42 Å². The minimum absolute atomic E-state index is 0.407. The summed E-state index contributed by atoms with van der Waals surface area (Å²) in [5.41, 5.74) is 2.43. The Bertz CT molecular complexity index is 776. The van der Waals surface area contributed by atoms with Crippen LogP contribution in [0.5, 0.6) is 0 Å². The highest BCUT2D eigenvalue weighted by molar-refractivity contribution is 7.91. The summed E-state index contributed by atoms with van der Waals surface area (Å²) < 4.78 is 27.7. The number of thiophene rings is 1. The molecule has 6 heteroatoms. The Balaban J connectivity index is 1.53. The average molecular weight is 379 g/mol. The van der Waals surface area contributed by atoms with Crippen molar-refractivity contribution in [2.75, 3.05) is 24.5 Å². The number of hydrogen-bond acceptors (Lipinski definition) is 4. The summed E-state index contributed by atoms with van der Waals surface area (Å²) >= 11 is 1.35. The summed E-state index contributed by atoms with van der Waals surface area (Å²) in [6.07, 6.45) is 5.44. The van der Waals surface area contributed by atoms with Crippen LogP contribution >= 0.6 is 11.3 Å². The van der Waals surface area contributed by atoms with Crippen LogP contribution in [0.25, 0.3) is 0 Å². The van der Waals surface area contributed by atoms with Crippen LogP contribution in [0, 0.1) is 0 Å². The van der Waals surface area contributed by atoms with E-state index in [-0.39, 0.29) is 0 Å². The van der Waals surface area contributed by atoms with Crippen molar-refractivity contribution in [1.29, 1.82) is 0 Å². The van der Waals surface area contributed by atoms with Crippen LogP contribution in [0.2, 0.25) is 0 Å². The van der Waals surface area contributed by atoms with Gasteiger partial charge in [0.1, 0.15) is 4.21 Å². The molecule has 1 aliphatic rings. The average Bonchev–Trinajstić information content (AvgIpc) is 3.13. The van der Waals surface area contributed by atoms with Crippen molar-refractivity contribution in [3.8, 4) is 0 Å². The number of anilines is 1. The van der Waals surface area contributed by atoms with Crippen molar-refractivity contribution in [2.45, 2.75) is 43.2 Å². The lowest BCUT2D eigenvalue weighted by atomic mass is 10.1. The molecule has 1 aliphatic heterocycles. The van der Waals surface area contributed by atoms with Gasteiger partial charge in [0.05, 0.1) is 0 Å². The van der Waals surface area contributed by atoms with E-state index in [2.05, 4.69) is 33.9 Å². The van der Waals surface area contributed by atoms with Crippen molar-refractivity contribution in [1.82, 2.24) is 4.72 Å². The van der Waals surface area contributed by atoms with Crippen LogP contribution in [-0.4, -0.2) is 28.1 Å². The third kappa shape index (κ3) is 4.84. The van der Waals surface area contributed by atoms with Gasteiger partial charge in [-0.15, -0.1) is 11.3 Å². The molecule has 0 spiro atoms. The molecule has 4 nitrogen and oxygen atoms in total. The highest BCUT2D eigenvalue weighted by Gasteiger charge is 2.16. The molecule has 1 fully saturated rings. The Morgan fingerprint density at radius 1 is 1.04 bits per heavy atom. The van der Waals surface area contributed by atoms with Crippen molar-refractivity contribution in [3.05, 3.63) is 46.8 Å². The first kappa shape index (κ1) is 18.4. The molecule has 2 aromatic rings. The van der Waals surface area contributed by atoms with Gasteiger partial charge < -0.3 is 4.90 Å². The van der Waals surface area contributed by atoms with E-state index < -0.39 is 10.0 Å². The molecule has 3 rings (SSSR count). The van der Waals surface area contributed by atoms with Gasteiger partial charge in [0.2, 0.25) is 10.0 Å². The number of nitrogens with one attached hydrogen (secondary N) is 1. The van der Waals surface area contributed by atoms with E-state index in [1.807, 2.05) is 13.0 Å². The Labute approximate surface area is 154 Å². The minimum atomic E-state index is -3.38. The zero-order valence-electron chi connectivity index (χ0n) is 14.7. The molecule has 0 amide bonds. The van der Waals surface area contributed by atoms with Crippen molar-refractivity contribution >= 4 is 27.0 Å². The largest absolute Gasteiger partial charge is 0.372 e. The molecule has 0 radical (unpaired) electrons. The van der Waals surface area contributed by atoms with E-state index in [1.54, 1.807) is 6.07 Å². The van der Waals surface area contributed by atoms with Crippen molar-refractivity contribution in [2.24, 2.45) is 0 Å². The molecular formula is C19H26N2O2S2. The van der Waals surface area contributed by atoms with Crippen LogP contribution in [0.4, 0.5) is 5.69 Å². The molecule has 1 aromatic carbocycles. The number of aryl methyl sites for hydroxylation is 1. The number of nitrogens with zero attached hydrogens (tertiary/aromatic N) is 1. The molecule has 0 saturated carbocycles. The lowest BCUT2D eigenvalue weighted by molar-refractivity contribution is 0.578. The van der Waals surface area contributed by atoms with Gasteiger partial charge in [0.15, 0.2) is 0 Å². The fourth-order valence-electron chi connectivity index (χ4n) is 3.12. The van der Waals surface area contributed by atoms with E-state index in [4.69, 9.17) is 0 Å². The number of rotatable bonds is 7. The van der Waals surface area contributed by atoms with E-state index in [1.165, 1.54) is 36.3 Å². The third-order valence-electron chi connectivity index (χ3n) is 4.61. The van der Waals surface area contributed by atoms with Gasteiger partial charge in [-0.25, -0.2) is 13.1 Å². The summed E-state index contributed by atoms with van der Waals surface area (Å²) in [5, 5.41) is 0. The highest BCUT2D eigenvalue weighted by atomic mass is 32.2.